The van der Waals surface area contributed by atoms with Gasteiger partial charge in [-0.15, -0.1) is 10.2 Å². The summed E-state index contributed by atoms with van der Waals surface area (Å²) in [5.41, 5.74) is 8.86. The Labute approximate surface area is 105 Å². The van der Waals surface area contributed by atoms with E-state index in [9.17, 15) is 0 Å². The molecule has 0 spiro atoms. The first-order chi connectivity index (χ1) is 8.75. The third kappa shape index (κ3) is 1.76. The Morgan fingerprint density at radius 2 is 1.83 bits per heavy atom. The van der Waals surface area contributed by atoms with Gasteiger partial charge in [0, 0.05) is 17.8 Å². The van der Waals surface area contributed by atoms with Crippen molar-refractivity contribution < 1.29 is 0 Å². The summed E-state index contributed by atoms with van der Waals surface area (Å²) in [6.07, 6.45) is 2.00. The van der Waals surface area contributed by atoms with Crippen LogP contribution in [-0.4, -0.2) is 14.6 Å². The Morgan fingerprint density at radius 1 is 1.06 bits per heavy atom. The Hall–Kier alpha value is -2.20. The van der Waals surface area contributed by atoms with Crippen LogP contribution < -0.4 is 5.73 Å². The lowest BCUT2D eigenvalue weighted by atomic mass is 10.1. The molecule has 0 bridgehead atoms. The van der Waals surface area contributed by atoms with Crippen LogP contribution in [0.4, 0.5) is 0 Å². The van der Waals surface area contributed by atoms with Gasteiger partial charge in [0.2, 0.25) is 0 Å². The van der Waals surface area contributed by atoms with E-state index >= 15 is 0 Å². The first kappa shape index (κ1) is 10.9. The molecule has 0 fully saturated rings. The summed E-state index contributed by atoms with van der Waals surface area (Å²) in [6.45, 7) is 1.97. The number of hydrogen-bond donors (Lipinski definition) is 1. The van der Waals surface area contributed by atoms with Crippen molar-refractivity contribution in [3.05, 3.63) is 54.2 Å². The molecule has 2 heterocycles. The lowest BCUT2D eigenvalue weighted by molar-refractivity contribution is 0.809. The molecule has 0 aliphatic heterocycles. The summed E-state index contributed by atoms with van der Waals surface area (Å²) in [5.74, 6) is 0.841. The number of nitrogens with two attached hydrogens (primary N) is 1. The van der Waals surface area contributed by atoms with Crippen LogP contribution in [0.1, 0.15) is 18.5 Å². The quantitative estimate of drug-likeness (QED) is 0.746. The second-order valence-electron chi connectivity index (χ2n) is 4.37. The molecule has 0 aliphatic rings. The summed E-state index contributed by atoms with van der Waals surface area (Å²) in [6, 6.07) is 13.9. The molecule has 18 heavy (non-hydrogen) atoms. The van der Waals surface area contributed by atoms with E-state index < -0.39 is 0 Å². The molecule has 4 heteroatoms. The van der Waals surface area contributed by atoms with Crippen LogP contribution >= 0.6 is 0 Å². The van der Waals surface area contributed by atoms with E-state index in [4.69, 9.17) is 5.73 Å². The summed E-state index contributed by atoms with van der Waals surface area (Å²) < 4.78 is 1.98. The maximum absolute atomic E-state index is 5.91. The molecule has 1 atom stereocenters. The molecule has 0 saturated carbocycles. The van der Waals surface area contributed by atoms with Crippen LogP contribution in [0.2, 0.25) is 0 Å². The number of pyridine rings is 1. The predicted molar refractivity (Wildman–Crippen MR) is 71.0 cm³/mol. The van der Waals surface area contributed by atoms with Gasteiger partial charge in [0.1, 0.15) is 0 Å². The average Bonchev–Trinajstić information content (AvgIpc) is 2.82. The second-order valence-corrected chi connectivity index (χ2v) is 4.37. The molecule has 3 rings (SSSR count). The topological polar surface area (TPSA) is 56.2 Å². The summed E-state index contributed by atoms with van der Waals surface area (Å²) in [7, 11) is 0. The number of hydrogen-bond acceptors (Lipinski definition) is 3. The molecule has 0 aliphatic carbocycles. The van der Waals surface area contributed by atoms with Gasteiger partial charge in [0.15, 0.2) is 11.5 Å². The number of nitrogens with zero attached hydrogens (tertiary/aromatic N) is 3. The third-order valence-corrected chi connectivity index (χ3v) is 2.98. The van der Waals surface area contributed by atoms with Crippen molar-refractivity contribution in [2.75, 3.05) is 0 Å². The first-order valence-corrected chi connectivity index (χ1v) is 5.91. The summed E-state index contributed by atoms with van der Waals surface area (Å²) in [4.78, 5) is 0. The van der Waals surface area contributed by atoms with Gasteiger partial charge >= 0.3 is 0 Å². The first-order valence-electron chi connectivity index (χ1n) is 5.91. The minimum atomic E-state index is 0.000392. The van der Waals surface area contributed by atoms with Gasteiger partial charge in [-0.05, 0) is 18.6 Å². The Kier molecular flexibility index (Phi) is 2.57. The van der Waals surface area contributed by atoms with Crippen LogP contribution in [0.5, 0.6) is 0 Å². The highest BCUT2D eigenvalue weighted by molar-refractivity contribution is 5.59. The van der Waals surface area contributed by atoms with Gasteiger partial charge < -0.3 is 5.73 Å². The van der Waals surface area contributed by atoms with E-state index in [0.29, 0.717) is 0 Å². The van der Waals surface area contributed by atoms with Crippen LogP contribution in [0.3, 0.4) is 0 Å². The van der Waals surface area contributed by atoms with E-state index in [1.165, 1.54) is 0 Å². The van der Waals surface area contributed by atoms with Crippen molar-refractivity contribution in [3.8, 4) is 11.4 Å². The zero-order valence-electron chi connectivity index (χ0n) is 10.1. The molecule has 0 saturated heterocycles. The minimum Gasteiger partial charge on any atom is -0.324 e. The number of rotatable bonds is 2. The van der Waals surface area contributed by atoms with E-state index in [1.54, 1.807) is 0 Å². The molecular weight excluding hydrogens is 224 g/mol. The monoisotopic (exact) mass is 238 g/mol. The smallest absolute Gasteiger partial charge is 0.168 e. The van der Waals surface area contributed by atoms with Crippen LogP contribution in [-0.2, 0) is 0 Å². The van der Waals surface area contributed by atoms with Gasteiger partial charge in [-0.3, -0.25) is 4.40 Å². The van der Waals surface area contributed by atoms with E-state index in [2.05, 4.69) is 10.2 Å². The molecule has 1 aromatic carbocycles. The molecule has 2 aromatic heterocycles. The Bertz CT molecular complexity index is 671. The molecule has 4 nitrogen and oxygen atoms in total. The van der Waals surface area contributed by atoms with Crippen LogP contribution in [0, 0.1) is 0 Å². The summed E-state index contributed by atoms with van der Waals surface area (Å²) in [5, 5.41) is 8.41. The molecule has 0 amide bonds. The van der Waals surface area contributed by atoms with Crippen molar-refractivity contribution >= 4 is 5.65 Å². The Balaban J connectivity index is 2.21. The fourth-order valence-electron chi connectivity index (χ4n) is 1.96. The average molecular weight is 238 g/mol. The lowest BCUT2D eigenvalue weighted by Crippen LogP contribution is -2.06. The zero-order chi connectivity index (χ0) is 12.5. The van der Waals surface area contributed by atoms with Crippen LogP contribution in [0.15, 0.2) is 48.7 Å². The fraction of sp³-hybridized carbons (Fsp3) is 0.143. The highest BCUT2D eigenvalue weighted by Gasteiger charge is 2.09. The third-order valence-electron chi connectivity index (χ3n) is 2.98. The van der Waals surface area contributed by atoms with Crippen molar-refractivity contribution in [1.82, 2.24) is 14.6 Å². The van der Waals surface area contributed by atoms with Crippen molar-refractivity contribution in [2.45, 2.75) is 13.0 Å². The lowest BCUT2D eigenvalue weighted by Gasteiger charge is -2.06. The zero-order valence-corrected chi connectivity index (χ0v) is 10.1. The second kappa shape index (κ2) is 4.23. The van der Waals surface area contributed by atoms with Gasteiger partial charge in [0.05, 0.1) is 0 Å². The number of benzene rings is 1. The van der Waals surface area contributed by atoms with E-state index in [-0.39, 0.29) is 6.04 Å². The van der Waals surface area contributed by atoms with Gasteiger partial charge in [0.25, 0.3) is 0 Å². The van der Waals surface area contributed by atoms with Crippen molar-refractivity contribution in [2.24, 2.45) is 5.73 Å². The molecule has 3 aromatic rings. The molecule has 90 valence electrons. The molecular formula is C14H14N4. The summed E-state index contributed by atoms with van der Waals surface area (Å²) >= 11 is 0. The van der Waals surface area contributed by atoms with E-state index in [0.717, 1.165) is 22.6 Å². The molecule has 1 unspecified atom stereocenters. The molecule has 2 N–H and O–H groups in total. The predicted octanol–water partition coefficient (Wildman–Crippen LogP) is 2.42. The van der Waals surface area contributed by atoms with Crippen molar-refractivity contribution in [1.29, 1.82) is 0 Å². The van der Waals surface area contributed by atoms with Crippen molar-refractivity contribution in [3.63, 3.8) is 0 Å². The molecule has 0 radical (unpaired) electrons. The largest absolute Gasteiger partial charge is 0.324 e. The SMILES string of the molecule is CC(N)c1ccc2nnc(-c3ccccc3)n2c1. The normalized spacial score (nSPS) is 12.8. The maximum atomic E-state index is 5.91. The highest BCUT2D eigenvalue weighted by Crippen LogP contribution is 2.19. The van der Waals surface area contributed by atoms with E-state index in [1.807, 2.05) is 60.0 Å². The van der Waals surface area contributed by atoms with Gasteiger partial charge in [-0.2, -0.15) is 0 Å². The standard InChI is InChI=1S/C14H14N4/c1-10(15)12-7-8-13-16-17-14(18(13)9-12)11-5-3-2-4-6-11/h2-10H,15H2,1H3. The van der Waals surface area contributed by atoms with Gasteiger partial charge in [-0.1, -0.05) is 36.4 Å². The fourth-order valence-corrected chi connectivity index (χ4v) is 1.96. The van der Waals surface area contributed by atoms with Gasteiger partial charge in [-0.25, -0.2) is 0 Å². The minimum absolute atomic E-state index is 0.000392. The number of fused-ring (bicyclic) bond motifs is 1. The highest BCUT2D eigenvalue weighted by atomic mass is 15.2. The maximum Gasteiger partial charge on any atom is 0.168 e. The Morgan fingerprint density at radius 3 is 2.56 bits per heavy atom. The number of aromatic nitrogens is 3. The van der Waals surface area contributed by atoms with Crippen LogP contribution in [0.25, 0.3) is 17.0 Å².